The molecule has 132 valence electrons. The van der Waals surface area contributed by atoms with Gasteiger partial charge < -0.3 is 14.0 Å². The molecule has 0 radical (unpaired) electrons. The molecule has 1 aromatic carbocycles. The van der Waals surface area contributed by atoms with Crippen LogP contribution < -0.4 is 4.74 Å². The molecule has 0 spiro atoms. The number of fused-ring (bicyclic) bond motifs is 1. The molecule has 0 aliphatic rings. The summed E-state index contributed by atoms with van der Waals surface area (Å²) in [5.74, 6) is 1.16. The van der Waals surface area contributed by atoms with E-state index in [1.165, 1.54) is 0 Å². The van der Waals surface area contributed by atoms with Crippen LogP contribution in [-0.2, 0) is 16.6 Å². The van der Waals surface area contributed by atoms with Crippen LogP contribution in [-0.4, -0.2) is 26.6 Å². The van der Waals surface area contributed by atoms with E-state index >= 15 is 0 Å². The number of carbonyl (C=O) groups excluding carboxylic acids is 1. The molecular formula is C18H20ClN3O3. The lowest BCUT2D eigenvalue weighted by Gasteiger charge is -2.14. The van der Waals surface area contributed by atoms with E-state index in [2.05, 4.69) is 19.3 Å². The fraction of sp³-hybridized carbons (Fsp3) is 0.278. The van der Waals surface area contributed by atoms with E-state index in [-0.39, 0.29) is 10.9 Å². The van der Waals surface area contributed by atoms with Gasteiger partial charge in [0.2, 0.25) is 11.2 Å². The van der Waals surface area contributed by atoms with Crippen molar-refractivity contribution in [3.05, 3.63) is 48.0 Å². The molecule has 0 amide bonds. The molecule has 6 nitrogen and oxygen atoms in total. The van der Waals surface area contributed by atoms with Gasteiger partial charge in [0.05, 0.1) is 0 Å². The molecule has 0 saturated carbocycles. The van der Waals surface area contributed by atoms with Crippen molar-refractivity contribution in [3.63, 3.8) is 0 Å². The molecule has 0 aliphatic heterocycles. The molecule has 7 heteroatoms. The highest BCUT2D eigenvalue weighted by atomic mass is 35.5. The lowest BCUT2D eigenvalue weighted by atomic mass is 10.2. The Morgan fingerprint density at radius 3 is 2.56 bits per heavy atom. The molecule has 0 unspecified atom stereocenters. The highest BCUT2D eigenvalue weighted by Crippen LogP contribution is 2.25. The van der Waals surface area contributed by atoms with Gasteiger partial charge in [-0.3, -0.25) is 4.79 Å². The SMILES string of the molecule is CC(C)(C)OC=O.Cn1ccc2cc(Oc3ccnc(Cl)n3)ccc21. The zero-order valence-corrected chi connectivity index (χ0v) is 15.3. The Labute approximate surface area is 151 Å². The van der Waals surface area contributed by atoms with Crippen molar-refractivity contribution in [1.82, 2.24) is 14.5 Å². The largest absolute Gasteiger partial charge is 0.462 e. The zero-order chi connectivity index (χ0) is 18.4. The third-order valence-corrected chi connectivity index (χ3v) is 3.26. The average Bonchev–Trinajstić information content (AvgIpc) is 2.88. The van der Waals surface area contributed by atoms with Crippen LogP contribution in [0.1, 0.15) is 20.8 Å². The first-order valence-corrected chi connectivity index (χ1v) is 7.99. The predicted molar refractivity (Wildman–Crippen MR) is 96.9 cm³/mol. The molecule has 0 aliphatic carbocycles. The summed E-state index contributed by atoms with van der Waals surface area (Å²) in [6.45, 7) is 5.92. The van der Waals surface area contributed by atoms with Gasteiger partial charge in [0.1, 0.15) is 11.4 Å². The summed E-state index contributed by atoms with van der Waals surface area (Å²) >= 11 is 5.70. The maximum atomic E-state index is 9.60. The molecule has 0 N–H and O–H groups in total. The lowest BCUT2D eigenvalue weighted by Crippen LogP contribution is -2.17. The molecule has 2 aromatic heterocycles. The summed E-state index contributed by atoms with van der Waals surface area (Å²) < 4.78 is 12.2. The standard InChI is InChI=1S/C13H10ClN3O.C5H10O2/c1-17-7-5-9-8-10(2-3-11(9)17)18-12-4-6-15-13(14)16-12;1-5(2,3)7-4-6/h2-8H,1H3;4H,1-3H3. The molecule has 0 atom stereocenters. The van der Waals surface area contributed by atoms with Gasteiger partial charge in [-0.25, -0.2) is 4.98 Å². The molecule has 3 aromatic rings. The maximum Gasteiger partial charge on any atom is 0.293 e. The molecule has 2 heterocycles. The van der Waals surface area contributed by atoms with Crippen LogP contribution in [0.5, 0.6) is 11.6 Å². The monoisotopic (exact) mass is 361 g/mol. The number of aryl methyl sites for hydroxylation is 1. The summed E-state index contributed by atoms with van der Waals surface area (Å²) in [6.07, 6.45) is 3.57. The fourth-order valence-corrected chi connectivity index (χ4v) is 2.10. The van der Waals surface area contributed by atoms with Gasteiger partial charge in [-0.1, -0.05) is 0 Å². The van der Waals surface area contributed by atoms with Crippen LogP contribution >= 0.6 is 11.6 Å². The smallest absolute Gasteiger partial charge is 0.293 e. The number of nitrogens with zero attached hydrogens (tertiary/aromatic N) is 3. The molecular weight excluding hydrogens is 342 g/mol. The third-order valence-electron chi connectivity index (χ3n) is 3.08. The Morgan fingerprint density at radius 2 is 1.96 bits per heavy atom. The van der Waals surface area contributed by atoms with Crippen molar-refractivity contribution in [3.8, 4) is 11.6 Å². The minimum atomic E-state index is -0.318. The molecule has 0 saturated heterocycles. The summed E-state index contributed by atoms with van der Waals surface area (Å²) in [5, 5.41) is 1.29. The van der Waals surface area contributed by atoms with Crippen molar-refractivity contribution in [2.24, 2.45) is 7.05 Å². The van der Waals surface area contributed by atoms with Gasteiger partial charge >= 0.3 is 0 Å². The summed E-state index contributed by atoms with van der Waals surface area (Å²) in [5.41, 5.74) is 0.838. The number of halogens is 1. The Morgan fingerprint density at radius 1 is 1.20 bits per heavy atom. The minimum Gasteiger partial charge on any atom is -0.462 e. The first kappa shape index (κ1) is 18.7. The number of benzene rings is 1. The van der Waals surface area contributed by atoms with Crippen LogP contribution in [0.25, 0.3) is 10.9 Å². The average molecular weight is 362 g/mol. The zero-order valence-electron chi connectivity index (χ0n) is 14.6. The van der Waals surface area contributed by atoms with Gasteiger partial charge in [-0.15, -0.1) is 0 Å². The lowest BCUT2D eigenvalue weighted by molar-refractivity contribution is -0.138. The number of carbonyl (C=O) groups is 1. The maximum absolute atomic E-state index is 9.60. The second-order valence-corrected chi connectivity index (χ2v) is 6.58. The van der Waals surface area contributed by atoms with Gasteiger partial charge in [0.25, 0.3) is 6.47 Å². The van der Waals surface area contributed by atoms with Gasteiger partial charge in [0, 0.05) is 36.4 Å². The van der Waals surface area contributed by atoms with E-state index in [9.17, 15) is 4.79 Å². The fourth-order valence-electron chi connectivity index (χ4n) is 1.96. The second-order valence-electron chi connectivity index (χ2n) is 6.24. The van der Waals surface area contributed by atoms with E-state index in [1.807, 2.05) is 58.3 Å². The molecule has 3 rings (SSSR count). The second kappa shape index (κ2) is 7.98. The van der Waals surface area contributed by atoms with Crippen LogP contribution in [0.4, 0.5) is 0 Å². The third kappa shape index (κ3) is 5.76. The van der Waals surface area contributed by atoms with Crippen molar-refractivity contribution >= 4 is 29.0 Å². The van der Waals surface area contributed by atoms with Gasteiger partial charge in [-0.2, -0.15) is 4.98 Å². The van der Waals surface area contributed by atoms with Crippen LogP contribution in [0.2, 0.25) is 5.28 Å². The van der Waals surface area contributed by atoms with E-state index < -0.39 is 0 Å². The Balaban J connectivity index is 0.000000277. The van der Waals surface area contributed by atoms with Crippen LogP contribution in [0.3, 0.4) is 0 Å². The number of hydrogen-bond donors (Lipinski definition) is 0. The summed E-state index contributed by atoms with van der Waals surface area (Å²) in [4.78, 5) is 17.4. The highest BCUT2D eigenvalue weighted by Gasteiger charge is 2.07. The Kier molecular flexibility index (Phi) is 5.98. The van der Waals surface area contributed by atoms with Crippen molar-refractivity contribution in [1.29, 1.82) is 0 Å². The first-order valence-electron chi connectivity index (χ1n) is 7.61. The van der Waals surface area contributed by atoms with Crippen LogP contribution in [0, 0.1) is 0 Å². The number of aromatic nitrogens is 3. The van der Waals surface area contributed by atoms with Crippen molar-refractivity contribution < 1.29 is 14.3 Å². The normalized spacial score (nSPS) is 10.8. The first-order chi connectivity index (χ1) is 11.8. The highest BCUT2D eigenvalue weighted by molar-refractivity contribution is 6.28. The van der Waals surface area contributed by atoms with Crippen LogP contribution in [0.15, 0.2) is 42.7 Å². The summed E-state index contributed by atoms with van der Waals surface area (Å²) in [7, 11) is 2.01. The van der Waals surface area contributed by atoms with Crippen molar-refractivity contribution in [2.45, 2.75) is 26.4 Å². The van der Waals surface area contributed by atoms with E-state index in [0.717, 1.165) is 16.7 Å². The molecule has 25 heavy (non-hydrogen) atoms. The molecule has 0 bridgehead atoms. The Bertz CT molecular complexity index is 856. The summed E-state index contributed by atoms with van der Waals surface area (Å²) in [6, 6.07) is 9.58. The number of rotatable bonds is 3. The minimum absolute atomic E-state index is 0.174. The Hall–Kier alpha value is -2.60. The van der Waals surface area contributed by atoms with Gasteiger partial charge in [-0.05, 0) is 56.6 Å². The topological polar surface area (TPSA) is 66.2 Å². The predicted octanol–water partition coefficient (Wildman–Crippen LogP) is 4.37. The van der Waals surface area contributed by atoms with E-state index in [1.54, 1.807) is 12.3 Å². The molecule has 0 fully saturated rings. The quantitative estimate of drug-likeness (QED) is 0.512. The van der Waals surface area contributed by atoms with E-state index in [0.29, 0.717) is 12.4 Å². The van der Waals surface area contributed by atoms with Crippen molar-refractivity contribution in [2.75, 3.05) is 0 Å². The number of ether oxygens (including phenoxy) is 2. The van der Waals surface area contributed by atoms with E-state index in [4.69, 9.17) is 16.3 Å². The van der Waals surface area contributed by atoms with Gasteiger partial charge in [0.15, 0.2) is 0 Å². The number of hydrogen-bond acceptors (Lipinski definition) is 5.